The van der Waals surface area contributed by atoms with Crippen molar-refractivity contribution in [1.29, 1.82) is 0 Å². The van der Waals surface area contributed by atoms with Gasteiger partial charge in [0.2, 0.25) is 11.8 Å². The van der Waals surface area contributed by atoms with Gasteiger partial charge in [-0.1, -0.05) is 24.3 Å². The number of rotatable bonds is 5. The largest absolute Gasteiger partial charge is 0.348 e. The van der Waals surface area contributed by atoms with Crippen LogP contribution in [0.25, 0.3) is 0 Å². The first kappa shape index (κ1) is 20.5. The van der Waals surface area contributed by atoms with Gasteiger partial charge in [-0.15, -0.1) is 0 Å². The van der Waals surface area contributed by atoms with Gasteiger partial charge < -0.3 is 16.4 Å². The third-order valence-corrected chi connectivity index (χ3v) is 6.59. The number of carbonyl (C=O) groups is 2. The summed E-state index contributed by atoms with van der Waals surface area (Å²) in [6, 6.07) is 11.4. The second-order valence-electron chi connectivity index (χ2n) is 8.51. The highest BCUT2D eigenvalue weighted by Crippen LogP contribution is 2.33. The van der Waals surface area contributed by atoms with Gasteiger partial charge in [-0.25, -0.2) is 0 Å². The van der Waals surface area contributed by atoms with E-state index in [1.165, 1.54) is 11.1 Å². The lowest BCUT2D eigenvalue weighted by molar-refractivity contribution is -0.125. The average Bonchev–Trinajstić information content (AvgIpc) is 2.79. The van der Waals surface area contributed by atoms with E-state index < -0.39 is 6.04 Å². The van der Waals surface area contributed by atoms with Crippen LogP contribution in [0.5, 0.6) is 0 Å². The number of carbonyl (C=O) groups excluding carboxylic acids is 2. The molecule has 0 radical (unpaired) electrons. The van der Waals surface area contributed by atoms with Crippen LogP contribution >= 0.6 is 0 Å². The molecular weight excluding hydrogens is 376 g/mol. The zero-order valence-corrected chi connectivity index (χ0v) is 17.2. The molecule has 158 valence electrons. The van der Waals surface area contributed by atoms with E-state index in [1.807, 2.05) is 6.07 Å². The van der Waals surface area contributed by atoms with E-state index in [9.17, 15) is 9.59 Å². The summed E-state index contributed by atoms with van der Waals surface area (Å²) >= 11 is 0. The predicted molar refractivity (Wildman–Crippen MR) is 117 cm³/mol. The summed E-state index contributed by atoms with van der Waals surface area (Å²) in [6.07, 6.45) is 9.54. The van der Waals surface area contributed by atoms with Crippen LogP contribution in [-0.4, -0.2) is 22.8 Å². The molecule has 1 fully saturated rings. The van der Waals surface area contributed by atoms with Crippen LogP contribution in [0.4, 0.5) is 5.69 Å². The molecule has 2 aromatic rings. The molecule has 4 rings (SSSR count). The maximum atomic E-state index is 12.9. The second-order valence-corrected chi connectivity index (χ2v) is 8.51. The fourth-order valence-electron chi connectivity index (χ4n) is 4.81. The third-order valence-electron chi connectivity index (χ3n) is 6.59. The van der Waals surface area contributed by atoms with Crippen LogP contribution in [0.15, 0.2) is 48.8 Å². The van der Waals surface area contributed by atoms with E-state index >= 15 is 0 Å². The van der Waals surface area contributed by atoms with Crippen molar-refractivity contribution in [1.82, 2.24) is 10.3 Å². The van der Waals surface area contributed by atoms with Crippen molar-refractivity contribution in [3.8, 4) is 0 Å². The fourth-order valence-corrected chi connectivity index (χ4v) is 4.81. The summed E-state index contributed by atoms with van der Waals surface area (Å²) in [4.78, 5) is 29.3. The SMILES string of the molecule is NC(C(=O)N[C@@H]1CCCc2ccccc21)[C@H]1CC[C@H](C(=O)Nc2ccncc2)CC1. The summed E-state index contributed by atoms with van der Waals surface area (Å²) in [5, 5.41) is 6.14. The zero-order chi connectivity index (χ0) is 20.9. The lowest BCUT2D eigenvalue weighted by Crippen LogP contribution is -2.48. The first-order valence-corrected chi connectivity index (χ1v) is 11.0. The van der Waals surface area contributed by atoms with Crippen molar-refractivity contribution in [2.45, 2.75) is 57.0 Å². The number of amides is 2. The van der Waals surface area contributed by atoms with Crippen LogP contribution in [0, 0.1) is 11.8 Å². The number of benzene rings is 1. The molecule has 0 aliphatic heterocycles. The molecule has 1 heterocycles. The van der Waals surface area contributed by atoms with Crippen molar-refractivity contribution in [3.05, 3.63) is 59.9 Å². The Morgan fingerprint density at radius 1 is 1.00 bits per heavy atom. The van der Waals surface area contributed by atoms with Crippen LogP contribution in [0.3, 0.4) is 0 Å². The first-order valence-electron chi connectivity index (χ1n) is 11.0. The topological polar surface area (TPSA) is 97.1 Å². The summed E-state index contributed by atoms with van der Waals surface area (Å²) in [7, 11) is 0. The Balaban J connectivity index is 1.28. The molecule has 1 unspecified atom stereocenters. The maximum Gasteiger partial charge on any atom is 0.237 e. The van der Waals surface area contributed by atoms with E-state index in [1.54, 1.807) is 24.5 Å². The molecule has 6 nitrogen and oxygen atoms in total. The van der Waals surface area contributed by atoms with Gasteiger partial charge in [0.25, 0.3) is 0 Å². The standard InChI is InChI=1S/C24H30N4O2/c25-22(24(30)28-21-7-3-5-16-4-1-2-6-20(16)21)17-8-10-18(11-9-17)23(29)27-19-12-14-26-15-13-19/h1-2,4,6,12-15,17-18,21-22H,3,5,7-11,25H2,(H,28,30)(H,26,27,29)/t17-,18-,21-,22?/m1/s1. The minimum Gasteiger partial charge on any atom is -0.348 e. The van der Waals surface area contributed by atoms with E-state index in [0.29, 0.717) is 0 Å². The van der Waals surface area contributed by atoms with Crippen molar-refractivity contribution in [3.63, 3.8) is 0 Å². The van der Waals surface area contributed by atoms with Gasteiger partial charge in [0.05, 0.1) is 12.1 Å². The molecule has 2 amide bonds. The zero-order valence-electron chi connectivity index (χ0n) is 17.2. The average molecular weight is 407 g/mol. The molecule has 2 aliphatic rings. The molecule has 2 aliphatic carbocycles. The number of nitrogens with two attached hydrogens (primary N) is 1. The number of aromatic nitrogens is 1. The molecule has 0 bridgehead atoms. The molecule has 1 aromatic heterocycles. The monoisotopic (exact) mass is 406 g/mol. The summed E-state index contributed by atoms with van der Waals surface area (Å²) in [5.74, 6) is 0.0570. The predicted octanol–water partition coefficient (Wildman–Crippen LogP) is 3.35. The summed E-state index contributed by atoms with van der Waals surface area (Å²) < 4.78 is 0. The Bertz CT molecular complexity index is 878. The number of hydrogen-bond donors (Lipinski definition) is 3. The number of nitrogens with one attached hydrogen (secondary N) is 2. The minimum absolute atomic E-state index is 0.0325. The number of hydrogen-bond acceptors (Lipinski definition) is 4. The van der Waals surface area contributed by atoms with Crippen LogP contribution < -0.4 is 16.4 Å². The lowest BCUT2D eigenvalue weighted by atomic mass is 9.78. The fraction of sp³-hybridized carbons (Fsp3) is 0.458. The highest BCUT2D eigenvalue weighted by atomic mass is 16.2. The van der Waals surface area contributed by atoms with Gasteiger partial charge in [0, 0.05) is 24.0 Å². The van der Waals surface area contributed by atoms with E-state index in [-0.39, 0.29) is 29.7 Å². The van der Waals surface area contributed by atoms with Gasteiger partial charge in [-0.3, -0.25) is 14.6 Å². The molecule has 0 spiro atoms. The molecule has 1 saturated carbocycles. The Morgan fingerprint density at radius 3 is 2.50 bits per heavy atom. The molecule has 2 atom stereocenters. The lowest BCUT2D eigenvalue weighted by Gasteiger charge is -2.33. The Kier molecular flexibility index (Phi) is 6.43. The second kappa shape index (κ2) is 9.39. The number of anilines is 1. The normalized spacial score (nSPS) is 24.4. The number of nitrogens with zero attached hydrogens (tertiary/aromatic N) is 1. The quantitative estimate of drug-likeness (QED) is 0.709. The van der Waals surface area contributed by atoms with Crippen molar-refractivity contribution in [2.24, 2.45) is 17.6 Å². The van der Waals surface area contributed by atoms with Gasteiger partial charge in [0.15, 0.2) is 0 Å². The number of fused-ring (bicyclic) bond motifs is 1. The highest BCUT2D eigenvalue weighted by molar-refractivity contribution is 5.92. The van der Waals surface area contributed by atoms with Crippen molar-refractivity contribution >= 4 is 17.5 Å². The van der Waals surface area contributed by atoms with Gasteiger partial charge in [0.1, 0.15) is 0 Å². The van der Waals surface area contributed by atoms with Crippen LogP contribution in [-0.2, 0) is 16.0 Å². The smallest absolute Gasteiger partial charge is 0.237 e. The molecule has 0 saturated heterocycles. The molecule has 6 heteroatoms. The Labute approximate surface area is 177 Å². The van der Waals surface area contributed by atoms with Crippen LogP contribution in [0.1, 0.15) is 55.7 Å². The van der Waals surface area contributed by atoms with E-state index in [4.69, 9.17) is 5.73 Å². The third kappa shape index (κ3) is 4.70. The summed E-state index contributed by atoms with van der Waals surface area (Å²) in [5.41, 5.74) is 9.66. The molecule has 30 heavy (non-hydrogen) atoms. The van der Waals surface area contributed by atoms with Gasteiger partial charge in [-0.2, -0.15) is 0 Å². The first-order chi connectivity index (χ1) is 14.6. The van der Waals surface area contributed by atoms with Gasteiger partial charge >= 0.3 is 0 Å². The molecular formula is C24H30N4O2. The van der Waals surface area contributed by atoms with Crippen LogP contribution in [0.2, 0.25) is 0 Å². The summed E-state index contributed by atoms with van der Waals surface area (Å²) in [6.45, 7) is 0. The maximum absolute atomic E-state index is 12.9. The Hall–Kier alpha value is -2.73. The number of pyridine rings is 1. The number of aryl methyl sites for hydroxylation is 1. The highest BCUT2D eigenvalue weighted by Gasteiger charge is 2.33. The minimum atomic E-state index is -0.525. The Morgan fingerprint density at radius 2 is 1.73 bits per heavy atom. The van der Waals surface area contributed by atoms with Crippen molar-refractivity contribution in [2.75, 3.05) is 5.32 Å². The van der Waals surface area contributed by atoms with Crippen molar-refractivity contribution < 1.29 is 9.59 Å². The molecule has 1 aromatic carbocycles. The molecule has 4 N–H and O–H groups in total. The van der Waals surface area contributed by atoms with E-state index in [2.05, 4.69) is 33.8 Å². The van der Waals surface area contributed by atoms with Gasteiger partial charge in [-0.05, 0) is 74.1 Å². The van der Waals surface area contributed by atoms with E-state index in [0.717, 1.165) is 50.6 Å².